The van der Waals surface area contributed by atoms with Gasteiger partial charge in [-0.15, -0.1) is 0 Å². The molecule has 1 fully saturated rings. The van der Waals surface area contributed by atoms with E-state index in [0.29, 0.717) is 16.4 Å². The number of rotatable bonds is 10. The number of aromatic nitrogens is 1. The summed E-state index contributed by atoms with van der Waals surface area (Å²) in [4.78, 5) is 21.6. The van der Waals surface area contributed by atoms with Crippen LogP contribution in [0, 0.1) is 0 Å². The van der Waals surface area contributed by atoms with Crippen LogP contribution in [0.4, 0.5) is 11.5 Å². The van der Waals surface area contributed by atoms with Crippen molar-refractivity contribution in [1.29, 1.82) is 0 Å². The molecule has 2 heterocycles. The van der Waals surface area contributed by atoms with Crippen molar-refractivity contribution in [2.24, 2.45) is 0 Å². The van der Waals surface area contributed by atoms with E-state index in [9.17, 15) is 4.79 Å². The van der Waals surface area contributed by atoms with E-state index in [1.807, 2.05) is 13.8 Å². The van der Waals surface area contributed by atoms with Crippen LogP contribution in [0.25, 0.3) is 0 Å². The molecule has 7 heteroatoms. The molecule has 1 aliphatic heterocycles. The molecule has 0 atom stereocenters. The molecule has 1 aromatic heterocycles. The number of nitrogens with zero attached hydrogens (tertiary/aromatic N) is 3. The number of allylic oxidation sites excluding steroid dienone is 3. The first-order chi connectivity index (χ1) is 16.4. The average molecular weight is 483 g/mol. The highest BCUT2D eigenvalue weighted by molar-refractivity contribution is 6.31. The zero-order valence-corrected chi connectivity index (χ0v) is 21.1. The van der Waals surface area contributed by atoms with E-state index in [4.69, 9.17) is 16.3 Å². The number of benzene rings is 1. The lowest BCUT2D eigenvalue weighted by Gasteiger charge is -2.36. The normalized spacial score (nSPS) is 15.1. The Morgan fingerprint density at radius 2 is 2.00 bits per heavy atom. The Morgan fingerprint density at radius 3 is 2.68 bits per heavy atom. The number of carbonyl (C=O) groups is 1. The molecule has 0 spiro atoms. The van der Waals surface area contributed by atoms with Gasteiger partial charge >= 0.3 is 5.97 Å². The van der Waals surface area contributed by atoms with Gasteiger partial charge in [0.15, 0.2) is 0 Å². The van der Waals surface area contributed by atoms with Crippen LogP contribution in [-0.2, 0) is 11.3 Å². The highest BCUT2D eigenvalue weighted by Gasteiger charge is 2.23. The number of esters is 1. The smallest absolute Gasteiger partial charge is 0.342 e. The Hall–Kier alpha value is -2.83. The van der Waals surface area contributed by atoms with Gasteiger partial charge in [-0.3, -0.25) is 4.90 Å². The molecule has 0 unspecified atom stereocenters. The number of anilines is 2. The minimum atomic E-state index is -0.321. The third kappa shape index (κ3) is 7.08. The maximum atomic E-state index is 12.5. The zero-order chi connectivity index (χ0) is 24.5. The summed E-state index contributed by atoms with van der Waals surface area (Å²) in [6.07, 6.45) is 5.12. The highest BCUT2D eigenvalue weighted by Crippen LogP contribution is 2.23. The van der Waals surface area contributed by atoms with Gasteiger partial charge in [-0.25, -0.2) is 9.78 Å². The fourth-order valence-corrected chi connectivity index (χ4v) is 4.14. The molecule has 1 aromatic carbocycles. The minimum Gasteiger partial charge on any atom is -0.459 e. The summed E-state index contributed by atoms with van der Waals surface area (Å²) in [5.74, 6) is 0.381. The van der Waals surface area contributed by atoms with Crippen molar-refractivity contribution in [1.82, 2.24) is 9.88 Å². The number of ether oxygens (including phenoxy) is 1. The Bertz CT molecular complexity index is 1010. The molecule has 0 saturated carbocycles. The highest BCUT2D eigenvalue weighted by atomic mass is 35.5. The molecule has 6 nitrogen and oxygen atoms in total. The predicted octanol–water partition coefficient (Wildman–Crippen LogP) is 5.82. The largest absolute Gasteiger partial charge is 0.459 e. The third-order valence-corrected chi connectivity index (χ3v) is 6.00. The number of nitrogens with one attached hydrogen (secondary N) is 1. The summed E-state index contributed by atoms with van der Waals surface area (Å²) < 4.78 is 5.40. The third-order valence-electron chi connectivity index (χ3n) is 5.62. The van der Waals surface area contributed by atoms with Gasteiger partial charge in [0, 0.05) is 50.3 Å². The summed E-state index contributed by atoms with van der Waals surface area (Å²) >= 11 is 6.33. The van der Waals surface area contributed by atoms with Crippen LogP contribution in [0.15, 0.2) is 66.0 Å². The molecule has 2 aromatic rings. The van der Waals surface area contributed by atoms with Crippen molar-refractivity contribution in [2.45, 2.75) is 46.3 Å². The molecule has 0 radical (unpaired) electrons. The van der Waals surface area contributed by atoms with E-state index >= 15 is 0 Å². The monoisotopic (exact) mass is 482 g/mol. The second-order valence-corrected chi connectivity index (χ2v) is 9.11. The number of piperazine rings is 1. The van der Waals surface area contributed by atoms with Gasteiger partial charge in [0.1, 0.15) is 11.4 Å². The van der Waals surface area contributed by atoms with Gasteiger partial charge in [0.05, 0.1) is 11.1 Å². The molecule has 34 heavy (non-hydrogen) atoms. The van der Waals surface area contributed by atoms with Crippen molar-refractivity contribution < 1.29 is 9.53 Å². The number of carbonyl (C=O) groups excluding carboxylic acids is 1. The quantitative estimate of drug-likeness (QED) is 0.340. The van der Waals surface area contributed by atoms with Gasteiger partial charge < -0.3 is 15.0 Å². The number of hydrogen-bond acceptors (Lipinski definition) is 6. The fourth-order valence-electron chi connectivity index (χ4n) is 4.00. The molecule has 0 amide bonds. The van der Waals surface area contributed by atoms with Gasteiger partial charge in [-0.2, -0.15) is 0 Å². The molecule has 0 bridgehead atoms. The number of pyridine rings is 1. The van der Waals surface area contributed by atoms with Crippen LogP contribution < -0.4 is 10.2 Å². The predicted molar refractivity (Wildman–Crippen MR) is 140 cm³/mol. The molecule has 1 saturated heterocycles. The van der Waals surface area contributed by atoms with Gasteiger partial charge in [-0.1, -0.05) is 43.7 Å². The molecule has 1 aliphatic rings. The SMILES string of the molecule is C=C/C(Cl)=C(\CCC)Nc1cccc(CN2CCN(c3ncccc3C(=O)OC(C)C)CC2)c1. The average Bonchev–Trinajstić information content (AvgIpc) is 2.83. The summed E-state index contributed by atoms with van der Waals surface area (Å²) in [6.45, 7) is 13.9. The number of hydrogen-bond donors (Lipinski definition) is 1. The van der Waals surface area contributed by atoms with Gasteiger partial charge in [0.2, 0.25) is 0 Å². The Labute approximate surface area is 208 Å². The maximum absolute atomic E-state index is 12.5. The van der Waals surface area contributed by atoms with E-state index in [2.05, 4.69) is 57.9 Å². The summed E-state index contributed by atoms with van der Waals surface area (Å²) in [7, 11) is 0. The van der Waals surface area contributed by atoms with Gasteiger partial charge in [-0.05, 0) is 56.2 Å². The molecule has 3 rings (SSSR count). The number of halogens is 1. The Kier molecular flexibility index (Phi) is 9.54. The first-order valence-corrected chi connectivity index (χ1v) is 12.3. The van der Waals surface area contributed by atoms with E-state index in [0.717, 1.165) is 56.9 Å². The topological polar surface area (TPSA) is 57.7 Å². The lowest BCUT2D eigenvalue weighted by atomic mass is 10.1. The second kappa shape index (κ2) is 12.6. The Morgan fingerprint density at radius 1 is 1.24 bits per heavy atom. The van der Waals surface area contributed by atoms with Crippen LogP contribution in [-0.4, -0.2) is 48.1 Å². The van der Waals surface area contributed by atoms with Crippen LogP contribution in [0.1, 0.15) is 49.5 Å². The van der Waals surface area contributed by atoms with E-state index in [-0.39, 0.29) is 12.1 Å². The summed E-state index contributed by atoms with van der Waals surface area (Å²) in [5, 5.41) is 4.13. The van der Waals surface area contributed by atoms with Gasteiger partial charge in [0.25, 0.3) is 0 Å². The first-order valence-electron chi connectivity index (χ1n) is 11.9. The van der Waals surface area contributed by atoms with Crippen LogP contribution in [0.5, 0.6) is 0 Å². The van der Waals surface area contributed by atoms with Crippen molar-refractivity contribution in [3.05, 3.63) is 77.1 Å². The summed E-state index contributed by atoms with van der Waals surface area (Å²) in [6, 6.07) is 12.0. The van der Waals surface area contributed by atoms with Crippen LogP contribution in [0.3, 0.4) is 0 Å². The van der Waals surface area contributed by atoms with E-state index in [1.54, 1.807) is 24.4 Å². The molecular weight excluding hydrogens is 448 g/mol. The second-order valence-electron chi connectivity index (χ2n) is 8.70. The maximum Gasteiger partial charge on any atom is 0.342 e. The lowest BCUT2D eigenvalue weighted by molar-refractivity contribution is 0.0378. The van der Waals surface area contributed by atoms with E-state index < -0.39 is 0 Å². The zero-order valence-electron chi connectivity index (χ0n) is 20.4. The van der Waals surface area contributed by atoms with Crippen molar-refractivity contribution in [3.63, 3.8) is 0 Å². The van der Waals surface area contributed by atoms with Crippen molar-refractivity contribution in [3.8, 4) is 0 Å². The van der Waals surface area contributed by atoms with Crippen LogP contribution in [0.2, 0.25) is 0 Å². The van der Waals surface area contributed by atoms with Crippen molar-refractivity contribution >= 4 is 29.1 Å². The molecule has 1 N–H and O–H groups in total. The fraction of sp³-hybridized carbons (Fsp3) is 0.407. The minimum absolute atomic E-state index is 0.163. The molecular formula is C27H35ClN4O2. The van der Waals surface area contributed by atoms with Crippen molar-refractivity contribution in [2.75, 3.05) is 36.4 Å². The summed E-state index contributed by atoms with van der Waals surface area (Å²) in [5.41, 5.74) is 3.79. The molecule has 182 valence electrons. The van der Waals surface area contributed by atoms with E-state index in [1.165, 1.54) is 5.56 Å². The molecule has 0 aliphatic carbocycles. The first kappa shape index (κ1) is 25.8. The Balaban J connectivity index is 1.62. The van der Waals surface area contributed by atoms with Crippen LogP contribution >= 0.6 is 11.6 Å². The lowest BCUT2D eigenvalue weighted by Crippen LogP contribution is -2.46. The standard InChI is InChI=1S/C27H35ClN4O2/c1-5-9-25(24(28)6-2)30-22-11-7-10-21(18-22)19-31-14-16-32(17-15-31)26-23(12-8-13-29-26)27(33)34-20(3)4/h6-8,10-13,18,20,30H,2,5,9,14-17,19H2,1,3-4H3/b25-24-.